The number of carbonyl (C=O) groups excluding carboxylic acids is 6. The van der Waals surface area contributed by atoms with Crippen LogP contribution in [0.5, 0.6) is 0 Å². The number of rotatable bonds is 14. The average molecular weight is 743 g/mol. The maximum atomic E-state index is 14.2. The number of ether oxygens (including phenoxy) is 3. The van der Waals surface area contributed by atoms with Crippen molar-refractivity contribution in [1.82, 2.24) is 20.9 Å². The van der Waals surface area contributed by atoms with Crippen LogP contribution in [0.15, 0.2) is 66.7 Å². The van der Waals surface area contributed by atoms with Crippen LogP contribution in [-0.4, -0.2) is 77.1 Å². The van der Waals surface area contributed by atoms with Crippen LogP contribution in [0, 0.1) is 6.92 Å². The molecule has 0 aliphatic heterocycles. The summed E-state index contributed by atoms with van der Waals surface area (Å²) < 4.78 is 15.7. The van der Waals surface area contributed by atoms with E-state index in [2.05, 4.69) is 20.9 Å². The summed E-state index contributed by atoms with van der Waals surface area (Å²) in [5.74, 6) is -4.47. The van der Waals surface area contributed by atoms with Crippen molar-refractivity contribution >= 4 is 57.3 Å². The molecule has 0 unspecified atom stereocenters. The maximum Gasteiger partial charge on any atom is 0.328 e. The molecule has 0 aliphatic rings. The minimum Gasteiger partial charge on any atom is -0.467 e. The van der Waals surface area contributed by atoms with Crippen LogP contribution in [0.4, 0.5) is 0 Å². The molecular formula is C41H50N4O9. The van der Waals surface area contributed by atoms with Crippen molar-refractivity contribution in [2.24, 2.45) is 0 Å². The van der Waals surface area contributed by atoms with Crippen molar-refractivity contribution < 1.29 is 43.0 Å². The molecule has 13 heteroatoms. The van der Waals surface area contributed by atoms with Gasteiger partial charge in [-0.2, -0.15) is 0 Å². The third-order valence-corrected chi connectivity index (χ3v) is 8.18. The molecule has 0 saturated heterocycles. The summed E-state index contributed by atoms with van der Waals surface area (Å²) in [5.41, 5.74) is 1.02. The van der Waals surface area contributed by atoms with Crippen LogP contribution in [0.1, 0.15) is 82.4 Å². The Morgan fingerprint density at radius 2 is 1.31 bits per heavy atom. The predicted molar refractivity (Wildman–Crippen MR) is 203 cm³/mol. The third-order valence-electron chi connectivity index (χ3n) is 8.18. The molecule has 288 valence electrons. The number of nitrogens with one attached hydrogen (secondary N) is 4. The highest BCUT2D eigenvalue weighted by molar-refractivity contribution is 6.01. The Labute approximate surface area is 314 Å². The van der Waals surface area contributed by atoms with Gasteiger partial charge in [0.25, 0.3) is 5.91 Å². The number of aryl methyl sites for hydroxylation is 1. The van der Waals surface area contributed by atoms with Gasteiger partial charge in [0.2, 0.25) is 11.8 Å². The van der Waals surface area contributed by atoms with Gasteiger partial charge in [0.1, 0.15) is 35.0 Å². The minimum atomic E-state index is -1.55. The fourth-order valence-electron chi connectivity index (χ4n) is 5.77. The Morgan fingerprint density at radius 1 is 0.685 bits per heavy atom. The first-order valence-corrected chi connectivity index (χ1v) is 17.8. The van der Waals surface area contributed by atoms with Crippen molar-refractivity contribution in [3.8, 4) is 0 Å². The molecule has 3 amide bonds. The Morgan fingerprint density at radius 3 is 1.98 bits per heavy atom. The van der Waals surface area contributed by atoms with Crippen molar-refractivity contribution in [3.05, 3.63) is 83.6 Å². The number of hydrogen-bond acceptors (Lipinski definition) is 9. The number of esters is 3. The zero-order valence-corrected chi connectivity index (χ0v) is 32.1. The smallest absolute Gasteiger partial charge is 0.328 e. The quantitative estimate of drug-likeness (QED) is 0.102. The van der Waals surface area contributed by atoms with Gasteiger partial charge in [0, 0.05) is 23.7 Å². The number of amides is 3. The van der Waals surface area contributed by atoms with E-state index in [1.807, 2.05) is 67.6 Å². The molecule has 0 radical (unpaired) electrons. The lowest BCUT2D eigenvalue weighted by Crippen LogP contribution is -2.57. The number of hydrogen-bond donors (Lipinski definition) is 4. The fourth-order valence-corrected chi connectivity index (χ4v) is 5.77. The van der Waals surface area contributed by atoms with Crippen molar-refractivity contribution in [3.63, 3.8) is 0 Å². The van der Waals surface area contributed by atoms with Crippen LogP contribution in [-0.2, 0) is 44.6 Å². The second-order valence-electron chi connectivity index (χ2n) is 15.2. The van der Waals surface area contributed by atoms with E-state index < -0.39 is 71.4 Å². The van der Waals surface area contributed by atoms with Gasteiger partial charge in [-0.05, 0) is 89.4 Å². The maximum absolute atomic E-state index is 14.2. The largest absolute Gasteiger partial charge is 0.467 e. The standard InChI is InChI=1S/C41H50N4O9/c1-24-13-16-29-28(19-24)22-32(42-29)37(49)44-31(21-25-14-15-26-11-9-10-12-27(26)20-25)36(48)45-33(23-35(47)54-41(5,6)7)38(50)43-30(39(51)52-8)17-18-34(46)53-40(2,3)4/h9-16,19-20,22,30-31,33,42H,17-18,21,23H2,1-8H3,(H,43,50)(H,44,49)(H,45,48)/t30-,31-,33-/m0/s1. The first-order valence-electron chi connectivity index (χ1n) is 17.8. The van der Waals surface area contributed by atoms with Gasteiger partial charge in [0.05, 0.1) is 13.5 Å². The van der Waals surface area contributed by atoms with E-state index in [0.717, 1.165) is 39.9 Å². The highest BCUT2D eigenvalue weighted by Gasteiger charge is 2.34. The summed E-state index contributed by atoms with van der Waals surface area (Å²) in [6.45, 7) is 12.0. The molecule has 4 rings (SSSR count). The van der Waals surface area contributed by atoms with E-state index in [4.69, 9.17) is 14.2 Å². The zero-order valence-electron chi connectivity index (χ0n) is 32.1. The lowest BCUT2D eigenvalue weighted by molar-refractivity contribution is -0.156. The van der Waals surface area contributed by atoms with E-state index in [1.54, 1.807) is 47.6 Å². The summed E-state index contributed by atoms with van der Waals surface area (Å²) in [7, 11) is 1.13. The number of aromatic amines is 1. The SMILES string of the molecule is COC(=O)[C@H](CCC(=O)OC(C)(C)C)NC(=O)[C@H](CC(=O)OC(C)(C)C)NC(=O)[C@H](Cc1ccc2ccccc2c1)NC(=O)c1cc2cc(C)ccc2[nH]1. The van der Waals surface area contributed by atoms with Gasteiger partial charge >= 0.3 is 17.9 Å². The number of fused-ring (bicyclic) bond motifs is 2. The van der Waals surface area contributed by atoms with E-state index in [1.165, 1.54) is 0 Å². The molecule has 0 saturated carbocycles. The van der Waals surface area contributed by atoms with Crippen molar-refractivity contribution in [1.29, 1.82) is 0 Å². The Balaban J connectivity index is 1.62. The molecule has 4 aromatic rings. The fraction of sp³-hybridized carbons (Fsp3) is 0.415. The molecule has 1 heterocycles. The third kappa shape index (κ3) is 12.2. The Kier molecular flexibility index (Phi) is 13.2. The first-order chi connectivity index (χ1) is 25.3. The summed E-state index contributed by atoms with van der Waals surface area (Å²) in [4.78, 5) is 83.0. The molecule has 4 N–H and O–H groups in total. The molecule has 0 spiro atoms. The summed E-state index contributed by atoms with van der Waals surface area (Å²) in [5, 5.41) is 10.7. The van der Waals surface area contributed by atoms with Gasteiger partial charge in [0.15, 0.2) is 0 Å². The Bertz CT molecular complexity index is 2020. The highest BCUT2D eigenvalue weighted by atomic mass is 16.6. The monoisotopic (exact) mass is 742 g/mol. The second-order valence-corrected chi connectivity index (χ2v) is 15.2. The van der Waals surface area contributed by atoms with E-state index in [-0.39, 0.29) is 25.0 Å². The molecule has 3 atom stereocenters. The second kappa shape index (κ2) is 17.4. The first kappa shape index (κ1) is 41.0. The van der Waals surface area contributed by atoms with Gasteiger partial charge in [-0.3, -0.25) is 24.0 Å². The topological polar surface area (TPSA) is 182 Å². The molecule has 0 bridgehead atoms. The lowest BCUT2D eigenvalue weighted by atomic mass is 10.0. The van der Waals surface area contributed by atoms with Gasteiger partial charge in [-0.15, -0.1) is 0 Å². The predicted octanol–water partition coefficient (Wildman–Crippen LogP) is 4.97. The number of methoxy groups -OCH3 is 1. The minimum absolute atomic E-state index is 0.0309. The average Bonchev–Trinajstić information content (AvgIpc) is 3.51. The summed E-state index contributed by atoms with van der Waals surface area (Å²) in [6.07, 6.45) is -0.977. The zero-order chi connectivity index (χ0) is 39.8. The van der Waals surface area contributed by atoms with E-state index in [0.29, 0.717) is 0 Å². The van der Waals surface area contributed by atoms with Crippen molar-refractivity contribution in [2.75, 3.05) is 7.11 Å². The summed E-state index contributed by atoms with van der Waals surface area (Å²) in [6, 6.07) is 16.7. The lowest BCUT2D eigenvalue weighted by Gasteiger charge is -2.26. The van der Waals surface area contributed by atoms with E-state index >= 15 is 0 Å². The molecule has 0 fully saturated rings. The van der Waals surface area contributed by atoms with Crippen LogP contribution in [0.25, 0.3) is 21.7 Å². The normalized spacial score (nSPS) is 13.3. The van der Waals surface area contributed by atoms with Crippen LogP contribution >= 0.6 is 0 Å². The van der Waals surface area contributed by atoms with Crippen LogP contribution in [0.3, 0.4) is 0 Å². The number of carbonyl (C=O) groups is 6. The molecule has 0 aliphatic carbocycles. The van der Waals surface area contributed by atoms with Gasteiger partial charge < -0.3 is 35.1 Å². The Hall–Kier alpha value is -5.72. The molecule has 1 aromatic heterocycles. The number of aromatic nitrogens is 1. The number of benzene rings is 3. The van der Waals surface area contributed by atoms with E-state index in [9.17, 15) is 28.8 Å². The van der Waals surface area contributed by atoms with Gasteiger partial charge in [-0.25, -0.2) is 4.79 Å². The van der Waals surface area contributed by atoms with Crippen molar-refractivity contribution in [2.45, 2.75) is 103 Å². The highest BCUT2D eigenvalue weighted by Crippen LogP contribution is 2.20. The number of H-pyrrole nitrogens is 1. The van der Waals surface area contributed by atoms with Crippen LogP contribution < -0.4 is 16.0 Å². The molecule has 54 heavy (non-hydrogen) atoms. The molecule has 13 nitrogen and oxygen atoms in total. The van der Waals surface area contributed by atoms with Gasteiger partial charge in [-0.1, -0.05) is 54.1 Å². The molecule has 3 aromatic carbocycles. The summed E-state index contributed by atoms with van der Waals surface area (Å²) >= 11 is 0. The van der Waals surface area contributed by atoms with Crippen LogP contribution in [0.2, 0.25) is 0 Å². The molecular weight excluding hydrogens is 692 g/mol.